The van der Waals surface area contributed by atoms with E-state index in [2.05, 4.69) is 0 Å². The lowest BCUT2D eigenvalue weighted by molar-refractivity contribution is -0.135. The molecule has 0 saturated carbocycles. The van der Waals surface area contributed by atoms with Gasteiger partial charge in [0.15, 0.2) is 0 Å². The lowest BCUT2D eigenvalue weighted by Gasteiger charge is -2.30. The number of carboxylic acids is 1. The van der Waals surface area contributed by atoms with Gasteiger partial charge < -0.3 is 24.8 Å². The van der Waals surface area contributed by atoms with Gasteiger partial charge in [-0.05, 0) is 23.8 Å². The summed E-state index contributed by atoms with van der Waals surface area (Å²) in [5, 5.41) is 28.5. The van der Waals surface area contributed by atoms with Gasteiger partial charge in [-0.2, -0.15) is 0 Å². The fraction of sp³-hybridized carbons (Fsp3) is 0.400. The van der Waals surface area contributed by atoms with Gasteiger partial charge in [-0.25, -0.2) is 4.79 Å². The molecule has 0 heterocycles. The van der Waals surface area contributed by atoms with Crippen molar-refractivity contribution in [2.24, 2.45) is 0 Å². The normalized spacial score (nSPS) is 25.3. The molecule has 0 radical (unpaired) electrons. The fourth-order valence-electron chi connectivity index (χ4n) is 2.21. The summed E-state index contributed by atoms with van der Waals surface area (Å²) in [6.07, 6.45) is -1.93. The van der Waals surface area contributed by atoms with Gasteiger partial charge in [0, 0.05) is 12.0 Å². The summed E-state index contributed by atoms with van der Waals surface area (Å²) in [4.78, 5) is 11.0. The first-order chi connectivity index (χ1) is 10.0. The molecule has 0 fully saturated rings. The van der Waals surface area contributed by atoms with Gasteiger partial charge in [0.25, 0.3) is 0 Å². The molecule has 3 N–H and O–H groups in total. The molecule has 114 valence electrons. The number of benzene rings is 1. The first kappa shape index (κ1) is 15.5. The van der Waals surface area contributed by atoms with Crippen LogP contribution in [-0.4, -0.2) is 46.7 Å². The molecule has 0 spiro atoms. The molecular weight excluding hydrogens is 276 g/mol. The van der Waals surface area contributed by atoms with E-state index in [1.807, 2.05) is 12.1 Å². The molecule has 1 aliphatic rings. The van der Waals surface area contributed by atoms with Crippen LogP contribution in [0.25, 0.3) is 0 Å². The molecule has 0 unspecified atom stereocenters. The molecule has 2 rings (SSSR count). The number of ether oxygens (including phenoxy) is 2. The molecular formula is C15H18O6. The van der Waals surface area contributed by atoms with Gasteiger partial charge in [0.1, 0.15) is 18.0 Å². The Labute approximate surface area is 122 Å². The Balaban J connectivity index is 2.02. The third-order valence-corrected chi connectivity index (χ3v) is 3.40. The Hall–Kier alpha value is -1.89. The summed E-state index contributed by atoms with van der Waals surface area (Å²) in [6.45, 7) is 0.193. The number of aliphatic hydroxyl groups is 2. The molecule has 1 aromatic rings. The van der Waals surface area contributed by atoms with E-state index in [-0.39, 0.29) is 18.6 Å². The molecule has 0 aliphatic heterocycles. The predicted molar refractivity (Wildman–Crippen MR) is 73.9 cm³/mol. The number of carboxylic acid groups (broad SMARTS) is 1. The van der Waals surface area contributed by atoms with E-state index >= 15 is 0 Å². The van der Waals surface area contributed by atoms with Crippen LogP contribution in [0.3, 0.4) is 0 Å². The molecule has 1 aliphatic carbocycles. The first-order valence-electron chi connectivity index (χ1n) is 6.56. The molecule has 1 aromatic carbocycles. The monoisotopic (exact) mass is 294 g/mol. The predicted octanol–water partition coefficient (Wildman–Crippen LogP) is 0.717. The van der Waals surface area contributed by atoms with Crippen LogP contribution in [-0.2, 0) is 16.1 Å². The van der Waals surface area contributed by atoms with E-state index in [0.717, 1.165) is 11.6 Å². The Kier molecular flexibility index (Phi) is 4.95. The Morgan fingerprint density at radius 1 is 1.38 bits per heavy atom. The molecule has 3 atom stereocenters. The van der Waals surface area contributed by atoms with Gasteiger partial charge in [0.2, 0.25) is 0 Å². The highest BCUT2D eigenvalue weighted by Crippen LogP contribution is 2.24. The smallest absolute Gasteiger partial charge is 0.331 e. The number of carbonyl (C=O) groups is 1. The first-order valence-corrected chi connectivity index (χ1v) is 6.56. The molecule has 0 amide bonds. The van der Waals surface area contributed by atoms with Crippen LogP contribution in [0.1, 0.15) is 12.0 Å². The van der Waals surface area contributed by atoms with Crippen LogP contribution in [0.2, 0.25) is 0 Å². The van der Waals surface area contributed by atoms with E-state index in [1.54, 1.807) is 19.2 Å². The molecule has 21 heavy (non-hydrogen) atoms. The topological polar surface area (TPSA) is 96.2 Å². The molecule has 0 bridgehead atoms. The quantitative estimate of drug-likeness (QED) is 0.740. The minimum Gasteiger partial charge on any atom is -0.497 e. The van der Waals surface area contributed by atoms with Crippen LogP contribution < -0.4 is 4.74 Å². The van der Waals surface area contributed by atoms with E-state index in [4.69, 9.17) is 14.6 Å². The van der Waals surface area contributed by atoms with Crippen LogP contribution in [0.15, 0.2) is 35.9 Å². The zero-order chi connectivity index (χ0) is 15.4. The number of methoxy groups -OCH3 is 1. The van der Waals surface area contributed by atoms with Gasteiger partial charge in [-0.1, -0.05) is 12.1 Å². The van der Waals surface area contributed by atoms with E-state index in [1.165, 1.54) is 0 Å². The second kappa shape index (κ2) is 6.71. The molecule has 6 heteroatoms. The number of hydrogen-bond donors (Lipinski definition) is 3. The van der Waals surface area contributed by atoms with E-state index < -0.39 is 24.3 Å². The maximum absolute atomic E-state index is 11.0. The summed E-state index contributed by atoms with van der Waals surface area (Å²) >= 11 is 0. The average Bonchev–Trinajstić information content (AvgIpc) is 2.48. The molecule has 0 saturated heterocycles. The second-order valence-corrected chi connectivity index (χ2v) is 4.88. The van der Waals surface area contributed by atoms with Crippen molar-refractivity contribution < 1.29 is 29.6 Å². The number of aliphatic carboxylic acids is 1. The second-order valence-electron chi connectivity index (χ2n) is 4.88. The number of aliphatic hydroxyl groups excluding tert-OH is 2. The van der Waals surface area contributed by atoms with Crippen molar-refractivity contribution in [2.45, 2.75) is 31.3 Å². The van der Waals surface area contributed by atoms with Gasteiger partial charge in [0.05, 0.1) is 19.8 Å². The van der Waals surface area contributed by atoms with Gasteiger partial charge in [-0.3, -0.25) is 0 Å². The minimum absolute atomic E-state index is 0.0449. The third-order valence-electron chi connectivity index (χ3n) is 3.40. The van der Waals surface area contributed by atoms with Crippen LogP contribution >= 0.6 is 0 Å². The number of hydrogen-bond acceptors (Lipinski definition) is 5. The maximum Gasteiger partial charge on any atom is 0.331 e. The lowest BCUT2D eigenvalue weighted by atomic mass is 9.92. The van der Waals surface area contributed by atoms with Crippen molar-refractivity contribution in [1.29, 1.82) is 0 Å². The third kappa shape index (κ3) is 3.81. The fourth-order valence-corrected chi connectivity index (χ4v) is 2.21. The molecule has 6 nitrogen and oxygen atoms in total. The SMILES string of the molecule is COc1cccc(CO[C@@H]2CC(C(=O)O)=C[C@@H](O)[C@H]2O)c1. The van der Waals surface area contributed by atoms with E-state index in [0.29, 0.717) is 5.75 Å². The van der Waals surface area contributed by atoms with E-state index in [9.17, 15) is 15.0 Å². The van der Waals surface area contributed by atoms with Crippen LogP contribution in [0, 0.1) is 0 Å². The zero-order valence-corrected chi connectivity index (χ0v) is 11.6. The lowest BCUT2D eigenvalue weighted by Crippen LogP contribution is -2.42. The van der Waals surface area contributed by atoms with Crippen molar-refractivity contribution in [3.63, 3.8) is 0 Å². The average molecular weight is 294 g/mol. The summed E-state index contributed by atoms with van der Waals surface area (Å²) in [6, 6.07) is 7.24. The summed E-state index contributed by atoms with van der Waals surface area (Å²) in [5.74, 6) is -0.428. The minimum atomic E-state index is -1.24. The molecule has 0 aromatic heterocycles. The standard InChI is InChI=1S/C15H18O6/c1-20-11-4-2-3-9(5-11)8-21-13-7-10(15(18)19)6-12(16)14(13)17/h2-6,12-14,16-17H,7-8H2,1H3,(H,18,19)/t12-,13-,14-/m1/s1. The maximum atomic E-state index is 11.0. The largest absolute Gasteiger partial charge is 0.497 e. The zero-order valence-electron chi connectivity index (χ0n) is 11.6. The van der Waals surface area contributed by atoms with Crippen molar-refractivity contribution in [3.05, 3.63) is 41.5 Å². The summed E-state index contributed by atoms with van der Waals surface area (Å²) < 4.78 is 10.7. The Morgan fingerprint density at radius 2 is 2.14 bits per heavy atom. The van der Waals surface area contributed by atoms with Crippen LogP contribution in [0.5, 0.6) is 5.75 Å². The Morgan fingerprint density at radius 3 is 2.81 bits per heavy atom. The van der Waals surface area contributed by atoms with Crippen molar-refractivity contribution in [3.8, 4) is 5.75 Å². The van der Waals surface area contributed by atoms with Crippen molar-refractivity contribution in [2.75, 3.05) is 7.11 Å². The van der Waals surface area contributed by atoms with Gasteiger partial charge >= 0.3 is 5.97 Å². The van der Waals surface area contributed by atoms with Crippen LogP contribution in [0.4, 0.5) is 0 Å². The highest BCUT2D eigenvalue weighted by atomic mass is 16.5. The summed E-state index contributed by atoms with van der Waals surface area (Å²) in [7, 11) is 1.56. The summed E-state index contributed by atoms with van der Waals surface area (Å²) in [5.41, 5.74) is 0.880. The van der Waals surface area contributed by atoms with Gasteiger partial charge in [-0.15, -0.1) is 0 Å². The highest BCUT2D eigenvalue weighted by Gasteiger charge is 2.33. The Bertz CT molecular complexity index is 539. The highest BCUT2D eigenvalue weighted by molar-refractivity contribution is 5.87. The van der Waals surface area contributed by atoms with Crippen molar-refractivity contribution >= 4 is 5.97 Å². The van der Waals surface area contributed by atoms with Crippen molar-refractivity contribution in [1.82, 2.24) is 0 Å². The number of rotatable bonds is 5.